The van der Waals surface area contributed by atoms with Gasteiger partial charge in [-0.1, -0.05) is 11.6 Å². The van der Waals surface area contributed by atoms with E-state index in [1.807, 2.05) is 17.0 Å². The lowest BCUT2D eigenvalue weighted by atomic mass is 10.1. The molecule has 1 aliphatic carbocycles. The number of urea groups is 1. The molecule has 1 aromatic carbocycles. The Labute approximate surface area is 161 Å². The van der Waals surface area contributed by atoms with Crippen molar-refractivity contribution in [1.82, 2.24) is 15.1 Å². The summed E-state index contributed by atoms with van der Waals surface area (Å²) in [7, 11) is 0. The number of benzene rings is 1. The largest absolute Gasteiger partial charge is 0.371 e. The number of carbonyl (C=O) groups is 1. The first-order valence-corrected chi connectivity index (χ1v) is 10.3. The third-order valence-corrected chi connectivity index (χ3v) is 6.14. The number of halogens is 1. The zero-order valence-corrected chi connectivity index (χ0v) is 16.1. The second-order valence-electron chi connectivity index (χ2n) is 7.99. The molecule has 2 aliphatic heterocycles. The summed E-state index contributed by atoms with van der Waals surface area (Å²) in [4.78, 5) is 19.3. The summed E-state index contributed by atoms with van der Waals surface area (Å²) in [6.45, 7) is 7.82. The summed E-state index contributed by atoms with van der Waals surface area (Å²) in [5, 5.41) is 3.94. The van der Waals surface area contributed by atoms with Crippen molar-refractivity contribution in [2.75, 3.05) is 57.3 Å². The predicted molar refractivity (Wildman–Crippen MR) is 106 cm³/mol. The summed E-state index contributed by atoms with van der Waals surface area (Å²) in [6.07, 6.45) is 3.92. The van der Waals surface area contributed by atoms with Crippen molar-refractivity contribution in [2.45, 2.75) is 19.3 Å². The van der Waals surface area contributed by atoms with Gasteiger partial charge in [0.25, 0.3) is 0 Å². The molecular weight excluding hydrogens is 348 g/mol. The van der Waals surface area contributed by atoms with Crippen LogP contribution in [0.4, 0.5) is 10.5 Å². The maximum atomic E-state index is 12.5. The third kappa shape index (κ3) is 4.63. The molecule has 0 radical (unpaired) electrons. The topological polar surface area (TPSA) is 38.8 Å². The number of rotatable bonds is 5. The molecule has 2 amide bonds. The zero-order chi connectivity index (χ0) is 17.9. The fraction of sp³-hybridized carbons (Fsp3) is 0.650. The van der Waals surface area contributed by atoms with Gasteiger partial charge in [-0.25, -0.2) is 4.79 Å². The van der Waals surface area contributed by atoms with Gasteiger partial charge in [-0.2, -0.15) is 0 Å². The molecule has 0 bridgehead atoms. The Balaban J connectivity index is 1.17. The molecule has 1 N–H and O–H groups in total. The lowest BCUT2D eigenvalue weighted by Crippen LogP contribution is -2.52. The van der Waals surface area contributed by atoms with Gasteiger partial charge >= 0.3 is 6.03 Å². The van der Waals surface area contributed by atoms with E-state index in [1.165, 1.54) is 25.1 Å². The van der Waals surface area contributed by atoms with Crippen molar-refractivity contribution in [3.05, 3.63) is 29.3 Å². The van der Waals surface area contributed by atoms with E-state index in [2.05, 4.69) is 27.2 Å². The first-order valence-electron chi connectivity index (χ1n) is 9.93. The smallest absolute Gasteiger partial charge is 0.317 e. The highest BCUT2D eigenvalue weighted by Gasteiger charge is 2.28. The molecule has 1 aromatic rings. The maximum Gasteiger partial charge on any atom is 0.317 e. The van der Waals surface area contributed by atoms with Gasteiger partial charge in [-0.3, -0.25) is 4.90 Å². The molecule has 3 fully saturated rings. The molecule has 1 atom stereocenters. The first kappa shape index (κ1) is 17.9. The summed E-state index contributed by atoms with van der Waals surface area (Å²) < 4.78 is 0. The number of nitrogens with one attached hydrogen (secondary N) is 1. The van der Waals surface area contributed by atoms with Gasteiger partial charge in [-0.15, -0.1) is 0 Å². The van der Waals surface area contributed by atoms with Crippen LogP contribution in [0.2, 0.25) is 5.02 Å². The van der Waals surface area contributed by atoms with Crippen LogP contribution in [-0.2, 0) is 0 Å². The van der Waals surface area contributed by atoms with E-state index in [0.717, 1.165) is 63.2 Å². The highest BCUT2D eigenvalue weighted by atomic mass is 35.5. The number of piperazine rings is 1. The van der Waals surface area contributed by atoms with Crippen molar-refractivity contribution < 1.29 is 4.79 Å². The standard InChI is InChI=1S/C20H29ClN4O/c21-18-3-5-19(6-4-18)25-8-7-17(15-25)13-22-20(26)24-11-9-23(10-12-24)14-16-1-2-16/h3-6,16-17H,1-2,7-15H2,(H,22,26). The molecule has 2 heterocycles. The second-order valence-corrected chi connectivity index (χ2v) is 8.43. The minimum Gasteiger partial charge on any atom is -0.371 e. The van der Waals surface area contributed by atoms with Crippen LogP contribution in [0.25, 0.3) is 0 Å². The van der Waals surface area contributed by atoms with Crippen LogP contribution in [0.5, 0.6) is 0 Å². The van der Waals surface area contributed by atoms with Gasteiger partial charge in [0.2, 0.25) is 0 Å². The fourth-order valence-corrected chi connectivity index (χ4v) is 4.15. The van der Waals surface area contributed by atoms with E-state index in [1.54, 1.807) is 0 Å². The SMILES string of the molecule is O=C(NCC1CCN(c2ccc(Cl)cc2)C1)N1CCN(CC2CC2)CC1. The summed E-state index contributed by atoms with van der Waals surface area (Å²) in [6, 6.07) is 8.14. The van der Waals surface area contributed by atoms with Crippen molar-refractivity contribution in [2.24, 2.45) is 11.8 Å². The van der Waals surface area contributed by atoms with Gasteiger partial charge in [0.1, 0.15) is 0 Å². The zero-order valence-electron chi connectivity index (χ0n) is 15.4. The molecule has 2 saturated heterocycles. The Hall–Kier alpha value is -1.46. The fourth-order valence-electron chi connectivity index (χ4n) is 4.03. The molecular formula is C20H29ClN4O. The highest BCUT2D eigenvalue weighted by Crippen LogP contribution is 2.30. The Kier molecular flexibility index (Phi) is 5.55. The molecule has 1 unspecified atom stereocenters. The number of anilines is 1. The average molecular weight is 377 g/mol. The van der Waals surface area contributed by atoms with Crippen LogP contribution >= 0.6 is 11.6 Å². The van der Waals surface area contributed by atoms with Crippen LogP contribution in [0, 0.1) is 11.8 Å². The quantitative estimate of drug-likeness (QED) is 0.858. The average Bonchev–Trinajstić information content (AvgIpc) is 3.35. The normalized spacial score (nSPS) is 24.1. The predicted octanol–water partition coefficient (Wildman–Crippen LogP) is 2.90. The van der Waals surface area contributed by atoms with Gasteiger partial charge in [0.15, 0.2) is 0 Å². The molecule has 4 rings (SSSR count). The molecule has 0 spiro atoms. The van der Waals surface area contributed by atoms with Crippen molar-refractivity contribution in [3.8, 4) is 0 Å². The Morgan fingerprint density at radius 3 is 2.42 bits per heavy atom. The Morgan fingerprint density at radius 1 is 1.00 bits per heavy atom. The number of amides is 2. The number of hydrogen-bond donors (Lipinski definition) is 1. The summed E-state index contributed by atoms with van der Waals surface area (Å²) in [5.74, 6) is 1.45. The third-order valence-electron chi connectivity index (χ3n) is 5.89. The van der Waals surface area contributed by atoms with Crippen molar-refractivity contribution >= 4 is 23.3 Å². The first-order chi connectivity index (χ1) is 12.7. The van der Waals surface area contributed by atoms with Gasteiger partial charge in [-0.05, 0) is 55.4 Å². The minimum absolute atomic E-state index is 0.112. The lowest BCUT2D eigenvalue weighted by molar-refractivity contribution is 0.135. The van der Waals surface area contributed by atoms with Crippen LogP contribution in [-0.4, -0.2) is 68.2 Å². The van der Waals surface area contributed by atoms with E-state index in [4.69, 9.17) is 11.6 Å². The van der Waals surface area contributed by atoms with Gasteiger partial charge in [0.05, 0.1) is 0 Å². The minimum atomic E-state index is 0.112. The molecule has 26 heavy (non-hydrogen) atoms. The molecule has 142 valence electrons. The van der Waals surface area contributed by atoms with Crippen LogP contribution in [0.15, 0.2) is 24.3 Å². The van der Waals surface area contributed by atoms with Crippen LogP contribution < -0.4 is 10.2 Å². The molecule has 5 nitrogen and oxygen atoms in total. The van der Waals surface area contributed by atoms with Crippen molar-refractivity contribution in [3.63, 3.8) is 0 Å². The number of carbonyl (C=O) groups excluding carboxylic acids is 1. The van der Waals surface area contributed by atoms with Gasteiger partial charge < -0.3 is 15.1 Å². The van der Waals surface area contributed by atoms with E-state index in [0.29, 0.717) is 5.92 Å². The van der Waals surface area contributed by atoms with E-state index >= 15 is 0 Å². The van der Waals surface area contributed by atoms with Gasteiger partial charge in [0, 0.05) is 63.1 Å². The number of nitrogens with zero attached hydrogens (tertiary/aromatic N) is 3. The Morgan fingerprint density at radius 2 is 1.73 bits per heavy atom. The summed E-state index contributed by atoms with van der Waals surface area (Å²) >= 11 is 5.97. The highest BCUT2D eigenvalue weighted by molar-refractivity contribution is 6.30. The Bertz CT molecular complexity index is 611. The molecule has 3 aliphatic rings. The monoisotopic (exact) mass is 376 g/mol. The summed E-state index contributed by atoms with van der Waals surface area (Å²) in [5.41, 5.74) is 1.22. The lowest BCUT2D eigenvalue weighted by Gasteiger charge is -2.35. The molecule has 1 saturated carbocycles. The maximum absolute atomic E-state index is 12.5. The van der Waals surface area contributed by atoms with E-state index < -0.39 is 0 Å². The van der Waals surface area contributed by atoms with Crippen LogP contribution in [0.3, 0.4) is 0 Å². The van der Waals surface area contributed by atoms with Crippen LogP contribution in [0.1, 0.15) is 19.3 Å². The van der Waals surface area contributed by atoms with E-state index in [-0.39, 0.29) is 6.03 Å². The number of hydrogen-bond acceptors (Lipinski definition) is 3. The van der Waals surface area contributed by atoms with E-state index in [9.17, 15) is 4.79 Å². The second kappa shape index (κ2) is 8.05. The molecule has 6 heteroatoms. The molecule has 0 aromatic heterocycles. The van der Waals surface area contributed by atoms with Crippen molar-refractivity contribution in [1.29, 1.82) is 0 Å².